The van der Waals surface area contributed by atoms with Crippen molar-refractivity contribution in [2.75, 3.05) is 48.7 Å². The Hall–Kier alpha value is -1.77. The van der Waals surface area contributed by atoms with Gasteiger partial charge in [0.15, 0.2) is 5.16 Å². The highest BCUT2D eigenvalue weighted by Gasteiger charge is 2.19. The molecular weight excluding hydrogens is 372 g/mol. The number of carbonyl (C=O) groups is 1. The van der Waals surface area contributed by atoms with E-state index in [0.29, 0.717) is 10.2 Å². The van der Waals surface area contributed by atoms with E-state index < -0.39 is 0 Å². The van der Waals surface area contributed by atoms with Crippen molar-refractivity contribution in [1.29, 1.82) is 0 Å². The van der Waals surface area contributed by atoms with E-state index in [1.807, 2.05) is 25.2 Å². The molecule has 1 aliphatic rings. The highest BCUT2D eigenvalue weighted by Crippen LogP contribution is 2.30. The number of thioether (sulfide) groups is 1. The summed E-state index contributed by atoms with van der Waals surface area (Å²) in [4.78, 5) is 17.1. The van der Waals surface area contributed by atoms with Crippen molar-refractivity contribution in [3.8, 4) is 0 Å². The summed E-state index contributed by atoms with van der Waals surface area (Å²) in [5, 5.41) is 12.1. The van der Waals surface area contributed by atoms with E-state index in [2.05, 4.69) is 32.2 Å². The van der Waals surface area contributed by atoms with Crippen molar-refractivity contribution in [3.63, 3.8) is 0 Å². The Kier molecular flexibility index (Phi) is 6.39. The summed E-state index contributed by atoms with van der Waals surface area (Å²) in [6.45, 7) is 7.16. The van der Waals surface area contributed by atoms with Gasteiger partial charge in [0.05, 0.1) is 17.1 Å². The van der Waals surface area contributed by atoms with Crippen LogP contribution in [0.1, 0.15) is 6.92 Å². The van der Waals surface area contributed by atoms with E-state index in [4.69, 9.17) is 11.6 Å². The summed E-state index contributed by atoms with van der Waals surface area (Å²) in [6.07, 6.45) is 1.62. The third kappa shape index (κ3) is 4.69. The molecule has 1 aromatic carbocycles. The highest BCUT2D eigenvalue weighted by molar-refractivity contribution is 7.99. The summed E-state index contributed by atoms with van der Waals surface area (Å²) in [7, 11) is 1.85. The Labute approximate surface area is 162 Å². The van der Waals surface area contributed by atoms with Gasteiger partial charge in [0.25, 0.3) is 0 Å². The Morgan fingerprint density at radius 3 is 2.73 bits per heavy atom. The number of carbonyl (C=O) groups excluding carboxylic acids is 1. The van der Waals surface area contributed by atoms with Crippen LogP contribution in [-0.2, 0) is 11.8 Å². The van der Waals surface area contributed by atoms with Crippen LogP contribution in [0.2, 0.25) is 5.02 Å². The number of amides is 1. The number of aromatic nitrogens is 3. The molecule has 0 bridgehead atoms. The molecule has 1 amide bonds. The molecule has 1 N–H and O–H groups in total. The minimum absolute atomic E-state index is 0.0892. The Morgan fingerprint density at radius 2 is 2.08 bits per heavy atom. The smallest absolute Gasteiger partial charge is 0.234 e. The number of rotatable bonds is 6. The number of benzene rings is 1. The number of hydrogen-bond acceptors (Lipinski definition) is 6. The minimum Gasteiger partial charge on any atom is -0.367 e. The molecule has 0 radical (unpaired) electrons. The van der Waals surface area contributed by atoms with Gasteiger partial charge in [0.2, 0.25) is 5.91 Å². The Bertz CT molecular complexity index is 759. The molecular formula is C17H23ClN6OS. The lowest BCUT2D eigenvalue weighted by Crippen LogP contribution is -2.46. The fraction of sp³-hybridized carbons (Fsp3) is 0.471. The largest absolute Gasteiger partial charge is 0.367 e. The number of aryl methyl sites for hydroxylation is 1. The number of piperazine rings is 1. The minimum atomic E-state index is -0.0892. The summed E-state index contributed by atoms with van der Waals surface area (Å²) < 4.78 is 1.79. The molecule has 1 aromatic heterocycles. The number of anilines is 2. The topological polar surface area (TPSA) is 66.3 Å². The molecule has 1 fully saturated rings. The van der Waals surface area contributed by atoms with Crippen LogP contribution in [0, 0.1) is 0 Å². The second-order valence-electron chi connectivity index (χ2n) is 6.14. The molecule has 0 saturated carbocycles. The molecule has 7 nitrogen and oxygen atoms in total. The van der Waals surface area contributed by atoms with Crippen molar-refractivity contribution in [3.05, 3.63) is 29.5 Å². The Morgan fingerprint density at radius 1 is 1.31 bits per heavy atom. The molecule has 0 aliphatic carbocycles. The SMILES string of the molecule is CCN1CCN(c2ccc(Cl)cc2NC(=O)CSc2nncn2C)CC1. The normalized spacial score (nSPS) is 15.3. The molecule has 0 spiro atoms. The first-order chi connectivity index (χ1) is 12.6. The second-order valence-corrected chi connectivity index (χ2v) is 7.52. The molecule has 140 valence electrons. The molecule has 1 aliphatic heterocycles. The van der Waals surface area contributed by atoms with E-state index in [1.165, 1.54) is 11.8 Å². The van der Waals surface area contributed by atoms with Gasteiger partial charge in [-0.2, -0.15) is 0 Å². The lowest BCUT2D eigenvalue weighted by atomic mass is 10.2. The van der Waals surface area contributed by atoms with Gasteiger partial charge in [-0.15, -0.1) is 10.2 Å². The first kappa shape index (κ1) is 19.0. The van der Waals surface area contributed by atoms with Crippen LogP contribution in [-0.4, -0.2) is 64.0 Å². The molecule has 26 heavy (non-hydrogen) atoms. The van der Waals surface area contributed by atoms with Crippen LogP contribution in [0.15, 0.2) is 29.7 Å². The quantitative estimate of drug-likeness (QED) is 0.758. The lowest BCUT2D eigenvalue weighted by Gasteiger charge is -2.36. The maximum Gasteiger partial charge on any atom is 0.234 e. The van der Waals surface area contributed by atoms with Gasteiger partial charge in [0, 0.05) is 38.2 Å². The van der Waals surface area contributed by atoms with Crippen molar-refractivity contribution in [1.82, 2.24) is 19.7 Å². The van der Waals surface area contributed by atoms with Crippen LogP contribution in [0.4, 0.5) is 11.4 Å². The van der Waals surface area contributed by atoms with E-state index >= 15 is 0 Å². The van der Waals surface area contributed by atoms with Crippen LogP contribution < -0.4 is 10.2 Å². The molecule has 2 aromatic rings. The molecule has 0 atom stereocenters. The van der Waals surface area contributed by atoms with Crippen LogP contribution in [0.5, 0.6) is 0 Å². The van der Waals surface area contributed by atoms with Crippen LogP contribution >= 0.6 is 23.4 Å². The van der Waals surface area contributed by atoms with Gasteiger partial charge in [-0.25, -0.2) is 0 Å². The number of hydrogen-bond donors (Lipinski definition) is 1. The number of nitrogens with zero attached hydrogens (tertiary/aromatic N) is 5. The van der Waals surface area contributed by atoms with Gasteiger partial charge in [-0.3, -0.25) is 4.79 Å². The summed E-state index contributed by atoms with van der Waals surface area (Å²) >= 11 is 7.51. The fourth-order valence-electron chi connectivity index (χ4n) is 2.91. The maximum atomic E-state index is 12.4. The standard InChI is InChI=1S/C17H23ClN6OS/c1-3-23-6-8-24(9-7-23)15-5-4-13(18)10-14(15)20-16(25)11-26-17-21-19-12-22(17)2/h4-5,10,12H,3,6-9,11H2,1-2H3,(H,20,25). The van der Waals surface area contributed by atoms with Crippen molar-refractivity contribution in [2.45, 2.75) is 12.1 Å². The van der Waals surface area contributed by atoms with E-state index in [9.17, 15) is 4.79 Å². The van der Waals surface area contributed by atoms with Gasteiger partial charge >= 0.3 is 0 Å². The highest BCUT2D eigenvalue weighted by atomic mass is 35.5. The summed E-state index contributed by atoms with van der Waals surface area (Å²) in [5.74, 6) is 0.177. The van der Waals surface area contributed by atoms with Gasteiger partial charge < -0.3 is 19.7 Å². The first-order valence-electron chi connectivity index (χ1n) is 8.60. The van der Waals surface area contributed by atoms with Crippen LogP contribution in [0.3, 0.4) is 0 Å². The predicted molar refractivity (Wildman–Crippen MR) is 106 cm³/mol. The van der Waals surface area contributed by atoms with Crippen molar-refractivity contribution < 1.29 is 4.79 Å². The Balaban J connectivity index is 1.66. The zero-order chi connectivity index (χ0) is 18.5. The monoisotopic (exact) mass is 394 g/mol. The van der Waals surface area contributed by atoms with E-state index in [-0.39, 0.29) is 11.7 Å². The average Bonchev–Trinajstić information content (AvgIpc) is 3.05. The molecule has 3 rings (SSSR count). The van der Waals surface area contributed by atoms with E-state index in [1.54, 1.807) is 10.9 Å². The average molecular weight is 395 g/mol. The second kappa shape index (κ2) is 8.75. The zero-order valence-corrected chi connectivity index (χ0v) is 16.6. The molecule has 0 unspecified atom stereocenters. The van der Waals surface area contributed by atoms with Gasteiger partial charge in [-0.1, -0.05) is 30.3 Å². The molecule has 1 saturated heterocycles. The number of nitrogens with one attached hydrogen (secondary N) is 1. The first-order valence-corrected chi connectivity index (χ1v) is 9.96. The number of halogens is 1. The van der Waals surface area contributed by atoms with Crippen molar-refractivity contribution >= 4 is 40.6 Å². The molecule has 9 heteroatoms. The number of likely N-dealkylation sites (N-methyl/N-ethyl adjacent to an activating group) is 1. The van der Waals surface area contributed by atoms with Crippen LogP contribution in [0.25, 0.3) is 0 Å². The lowest BCUT2D eigenvalue weighted by molar-refractivity contribution is -0.113. The fourth-order valence-corrected chi connectivity index (χ4v) is 3.77. The zero-order valence-electron chi connectivity index (χ0n) is 15.0. The third-order valence-corrected chi connectivity index (χ3v) is 5.66. The van der Waals surface area contributed by atoms with E-state index in [0.717, 1.165) is 44.1 Å². The molecule has 2 heterocycles. The van der Waals surface area contributed by atoms with Gasteiger partial charge in [0.1, 0.15) is 6.33 Å². The maximum absolute atomic E-state index is 12.4. The summed E-state index contributed by atoms with van der Waals surface area (Å²) in [5.41, 5.74) is 1.77. The van der Waals surface area contributed by atoms with Crippen molar-refractivity contribution in [2.24, 2.45) is 7.05 Å². The van der Waals surface area contributed by atoms with Gasteiger partial charge in [-0.05, 0) is 24.7 Å². The predicted octanol–water partition coefficient (Wildman–Crippen LogP) is 2.34. The third-order valence-electron chi connectivity index (χ3n) is 4.40. The summed E-state index contributed by atoms with van der Waals surface area (Å²) in [6, 6.07) is 5.66.